The summed E-state index contributed by atoms with van der Waals surface area (Å²) in [4.78, 5) is 21.4. The molecule has 1 unspecified atom stereocenters. The minimum absolute atomic E-state index is 0.317. The van der Waals surface area contributed by atoms with Crippen molar-refractivity contribution >= 4 is 21.7 Å². The lowest BCUT2D eigenvalue weighted by Crippen LogP contribution is -2.43. The Hall–Kier alpha value is -1.15. The minimum atomic E-state index is -3.25. The molecule has 0 heterocycles. The van der Waals surface area contributed by atoms with Crippen LogP contribution in [0.3, 0.4) is 0 Å². The molecule has 15 heavy (non-hydrogen) atoms. The standard InChI is InChI=1S/C7H13NO6S/c1-15(13,14)3-2-6(10)8-5(4-9)7(11)12/h5,9H,2-4H2,1H3,(H,8,10)(H,11,12). The summed E-state index contributed by atoms with van der Waals surface area (Å²) in [6.07, 6.45) is 0.656. The molecule has 0 spiro atoms. The Balaban J connectivity index is 4.09. The second kappa shape index (κ2) is 5.66. The van der Waals surface area contributed by atoms with Crippen LogP contribution in [-0.4, -0.2) is 55.2 Å². The van der Waals surface area contributed by atoms with Crippen LogP contribution in [0.15, 0.2) is 0 Å². The van der Waals surface area contributed by atoms with Gasteiger partial charge in [0.25, 0.3) is 0 Å². The first-order valence-corrected chi connectivity index (χ1v) is 6.13. The van der Waals surface area contributed by atoms with Crippen molar-refractivity contribution in [2.45, 2.75) is 12.5 Å². The summed E-state index contributed by atoms with van der Waals surface area (Å²) >= 11 is 0. The Labute approximate surface area is 87.0 Å². The predicted molar refractivity (Wildman–Crippen MR) is 51.0 cm³/mol. The molecule has 1 amide bonds. The molecule has 0 saturated heterocycles. The molecular weight excluding hydrogens is 226 g/mol. The van der Waals surface area contributed by atoms with Gasteiger partial charge in [0.2, 0.25) is 5.91 Å². The van der Waals surface area contributed by atoms with Crippen LogP contribution in [0.1, 0.15) is 6.42 Å². The van der Waals surface area contributed by atoms with Crippen LogP contribution < -0.4 is 5.32 Å². The molecule has 3 N–H and O–H groups in total. The van der Waals surface area contributed by atoms with Crippen molar-refractivity contribution in [2.24, 2.45) is 0 Å². The fourth-order valence-electron chi connectivity index (χ4n) is 0.730. The third-order valence-corrected chi connectivity index (χ3v) is 2.46. The van der Waals surface area contributed by atoms with E-state index in [4.69, 9.17) is 10.2 Å². The van der Waals surface area contributed by atoms with Gasteiger partial charge in [-0.3, -0.25) is 4.79 Å². The molecule has 0 aromatic carbocycles. The first kappa shape index (κ1) is 13.8. The smallest absolute Gasteiger partial charge is 0.328 e. The van der Waals surface area contributed by atoms with Crippen LogP contribution in [-0.2, 0) is 19.4 Å². The minimum Gasteiger partial charge on any atom is -0.480 e. The maximum atomic E-state index is 11.0. The Morgan fingerprint density at radius 1 is 1.40 bits per heavy atom. The van der Waals surface area contributed by atoms with E-state index >= 15 is 0 Å². The van der Waals surface area contributed by atoms with Crippen molar-refractivity contribution in [1.29, 1.82) is 0 Å². The van der Waals surface area contributed by atoms with E-state index in [0.29, 0.717) is 0 Å². The Kier molecular flexibility index (Phi) is 5.23. The van der Waals surface area contributed by atoms with E-state index in [1.165, 1.54) is 0 Å². The Bertz CT molecular complexity index is 335. The molecule has 0 aliphatic rings. The van der Waals surface area contributed by atoms with E-state index in [0.717, 1.165) is 6.26 Å². The molecule has 8 heteroatoms. The number of amides is 1. The number of carbonyl (C=O) groups excluding carboxylic acids is 1. The number of aliphatic hydroxyl groups excluding tert-OH is 1. The second-order valence-electron chi connectivity index (χ2n) is 3.02. The molecule has 0 saturated carbocycles. The highest BCUT2D eigenvalue weighted by molar-refractivity contribution is 7.90. The van der Waals surface area contributed by atoms with Crippen molar-refractivity contribution in [3.05, 3.63) is 0 Å². The van der Waals surface area contributed by atoms with Gasteiger partial charge in [-0.25, -0.2) is 13.2 Å². The van der Waals surface area contributed by atoms with Gasteiger partial charge in [-0.1, -0.05) is 0 Å². The molecule has 7 nitrogen and oxygen atoms in total. The third kappa shape index (κ3) is 6.86. The SMILES string of the molecule is CS(=O)(=O)CCC(=O)NC(CO)C(=O)O. The van der Waals surface area contributed by atoms with E-state index in [1.807, 2.05) is 5.32 Å². The molecule has 0 bridgehead atoms. The first-order chi connectivity index (χ1) is 6.76. The number of rotatable bonds is 6. The molecule has 0 aliphatic carbocycles. The first-order valence-electron chi connectivity index (χ1n) is 4.07. The number of sulfone groups is 1. The molecule has 0 rings (SSSR count). The van der Waals surface area contributed by atoms with Crippen LogP contribution in [0, 0.1) is 0 Å². The van der Waals surface area contributed by atoms with Crippen LogP contribution in [0.5, 0.6) is 0 Å². The van der Waals surface area contributed by atoms with Gasteiger partial charge >= 0.3 is 5.97 Å². The van der Waals surface area contributed by atoms with E-state index in [1.54, 1.807) is 0 Å². The fraction of sp³-hybridized carbons (Fsp3) is 0.714. The molecule has 0 aromatic heterocycles. The second-order valence-corrected chi connectivity index (χ2v) is 5.28. The highest BCUT2D eigenvalue weighted by atomic mass is 32.2. The normalized spacial score (nSPS) is 13.2. The zero-order chi connectivity index (χ0) is 12.1. The lowest BCUT2D eigenvalue weighted by Gasteiger charge is -2.10. The van der Waals surface area contributed by atoms with Crippen molar-refractivity contribution in [2.75, 3.05) is 18.6 Å². The maximum absolute atomic E-state index is 11.0. The zero-order valence-electron chi connectivity index (χ0n) is 8.13. The van der Waals surface area contributed by atoms with Gasteiger partial charge in [0.1, 0.15) is 15.9 Å². The van der Waals surface area contributed by atoms with Crippen molar-refractivity contribution in [3.63, 3.8) is 0 Å². The van der Waals surface area contributed by atoms with Gasteiger partial charge < -0.3 is 15.5 Å². The van der Waals surface area contributed by atoms with E-state index < -0.39 is 34.4 Å². The van der Waals surface area contributed by atoms with Gasteiger partial charge in [-0.2, -0.15) is 0 Å². The van der Waals surface area contributed by atoms with Gasteiger partial charge in [-0.05, 0) is 0 Å². The van der Waals surface area contributed by atoms with E-state index in [9.17, 15) is 18.0 Å². The van der Waals surface area contributed by atoms with Gasteiger partial charge in [-0.15, -0.1) is 0 Å². The fourth-order valence-corrected chi connectivity index (χ4v) is 1.29. The Morgan fingerprint density at radius 2 is 1.93 bits per heavy atom. The Morgan fingerprint density at radius 3 is 2.27 bits per heavy atom. The summed E-state index contributed by atoms with van der Waals surface area (Å²) < 4.78 is 21.4. The number of nitrogens with one attached hydrogen (secondary N) is 1. The molecule has 1 atom stereocenters. The van der Waals surface area contributed by atoms with E-state index in [2.05, 4.69) is 0 Å². The van der Waals surface area contributed by atoms with Crippen LogP contribution >= 0.6 is 0 Å². The molecular formula is C7H13NO6S. The summed E-state index contributed by atoms with van der Waals surface area (Å²) in [5, 5.41) is 19.0. The number of carboxylic acids is 1. The highest BCUT2D eigenvalue weighted by Crippen LogP contribution is 1.91. The van der Waals surface area contributed by atoms with Crippen LogP contribution in [0.4, 0.5) is 0 Å². The number of hydrogen-bond donors (Lipinski definition) is 3. The summed E-state index contributed by atoms with van der Waals surface area (Å²) in [6, 6.07) is -1.39. The molecule has 88 valence electrons. The van der Waals surface area contributed by atoms with Crippen molar-refractivity contribution in [1.82, 2.24) is 5.32 Å². The number of carbonyl (C=O) groups is 2. The topological polar surface area (TPSA) is 121 Å². The zero-order valence-corrected chi connectivity index (χ0v) is 8.95. The molecule has 0 radical (unpaired) electrons. The van der Waals surface area contributed by atoms with Gasteiger partial charge in [0.15, 0.2) is 0 Å². The molecule has 0 aliphatic heterocycles. The third-order valence-electron chi connectivity index (χ3n) is 1.52. The number of aliphatic hydroxyl groups is 1. The van der Waals surface area contributed by atoms with Crippen LogP contribution in [0.25, 0.3) is 0 Å². The van der Waals surface area contributed by atoms with Gasteiger partial charge in [0.05, 0.1) is 12.4 Å². The number of carboxylic acid groups (broad SMARTS) is 1. The number of aliphatic carboxylic acids is 1. The maximum Gasteiger partial charge on any atom is 0.328 e. The monoisotopic (exact) mass is 239 g/mol. The number of hydrogen-bond acceptors (Lipinski definition) is 5. The van der Waals surface area contributed by atoms with Crippen molar-refractivity contribution in [3.8, 4) is 0 Å². The average molecular weight is 239 g/mol. The average Bonchev–Trinajstić information content (AvgIpc) is 2.09. The lowest BCUT2D eigenvalue weighted by atomic mass is 10.3. The largest absolute Gasteiger partial charge is 0.480 e. The summed E-state index contributed by atoms with van der Waals surface area (Å²) in [5.41, 5.74) is 0. The quantitative estimate of drug-likeness (QED) is 0.492. The molecule has 0 fully saturated rings. The summed E-state index contributed by atoms with van der Waals surface area (Å²) in [5.74, 6) is -2.44. The molecule has 0 aromatic rings. The van der Waals surface area contributed by atoms with Gasteiger partial charge in [0, 0.05) is 12.7 Å². The van der Waals surface area contributed by atoms with Crippen LogP contribution in [0.2, 0.25) is 0 Å². The van der Waals surface area contributed by atoms with E-state index in [-0.39, 0.29) is 12.2 Å². The summed E-state index contributed by atoms with van der Waals surface area (Å²) in [6.45, 7) is -0.736. The van der Waals surface area contributed by atoms with Crippen molar-refractivity contribution < 1.29 is 28.2 Å². The lowest BCUT2D eigenvalue weighted by molar-refractivity contribution is -0.142. The summed E-state index contributed by atoms with van der Waals surface area (Å²) in [7, 11) is -3.25. The predicted octanol–water partition coefficient (Wildman–Crippen LogP) is -2.02. The highest BCUT2D eigenvalue weighted by Gasteiger charge is 2.19.